The van der Waals surface area contributed by atoms with Gasteiger partial charge in [-0.2, -0.15) is 0 Å². The van der Waals surface area contributed by atoms with Gasteiger partial charge in [-0.25, -0.2) is 9.78 Å². The second kappa shape index (κ2) is 11.4. The summed E-state index contributed by atoms with van der Waals surface area (Å²) >= 11 is 1.74. The van der Waals surface area contributed by atoms with Gasteiger partial charge in [0.1, 0.15) is 5.52 Å². The van der Waals surface area contributed by atoms with Gasteiger partial charge < -0.3 is 29.9 Å². The summed E-state index contributed by atoms with van der Waals surface area (Å²) in [6.45, 7) is 6.84. The molecule has 0 bridgehead atoms. The van der Waals surface area contributed by atoms with E-state index in [2.05, 4.69) is 44.7 Å². The van der Waals surface area contributed by atoms with Crippen molar-refractivity contribution in [3.05, 3.63) is 72.3 Å². The molecular formula is C29H31N5O3S. The number of amides is 2. The highest BCUT2D eigenvalue weighted by molar-refractivity contribution is 7.22. The number of urea groups is 1. The number of nitrogens with one attached hydrogen (secondary N) is 2. The quantitative estimate of drug-likeness (QED) is 0.368. The van der Waals surface area contributed by atoms with Crippen LogP contribution in [0.4, 0.5) is 21.3 Å². The minimum Gasteiger partial charge on any atom is -0.378 e. The smallest absolute Gasteiger partial charge is 0.319 e. The maximum atomic E-state index is 12.4. The average molecular weight is 530 g/mol. The number of morpholine rings is 2. The van der Waals surface area contributed by atoms with E-state index in [1.54, 1.807) is 11.3 Å². The number of ether oxygens (including phenoxy) is 2. The first kappa shape index (κ1) is 24.7. The summed E-state index contributed by atoms with van der Waals surface area (Å²) in [4.78, 5) is 22.2. The summed E-state index contributed by atoms with van der Waals surface area (Å²) in [5.41, 5.74) is 6.24. The molecule has 0 atom stereocenters. The molecule has 8 nitrogen and oxygen atoms in total. The molecule has 0 unspecified atom stereocenters. The zero-order valence-electron chi connectivity index (χ0n) is 21.2. The van der Waals surface area contributed by atoms with Crippen molar-refractivity contribution < 1.29 is 14.3 Å². The van der Waals surface area contributed by atoms with Crippen molar-refractivity contribution >= 4 is 44.1 Å². The molecule has 6 rings (SSSR count). The van der Waals surface area contributed by atoms with Crippen molar-refractivity contribution in [1.82, 2.24) is 10.3 Å². The molecule has 2 aliphatic heterocycles. The SMILES string of the molecule is O=C(NCc1ccccc1)Nc1ccc(-c2cc(N3CCOCC3)c3nc(N4CCOCC4)sc3c2)cc1. The first-order valence-electron chi connectivity index (χ1n) is 13.0. The number of fused-ring (bicyclic) bond motifs is 1. The predicted molar refractivity (Wildman–Crippen MR) is 153 cm³/mol. The zero-order valence-corrected chi connectivity index (χ0v) is 22.0. The van der Waals surface area contributed by atoms with Crippen LogP contribution in [0, 0.1) is 0 Å². The number of rotatable bonds is 6. The summed E-state index contributed by atoms with van der Waals surface area (Å²) in [6, 6.07) is 22.1. The summed E-state index contributed by atoms with van der Waals surface area (Å²) in [6.07, 6.45) is 0. The van der Waals surface area contributed by atoms with E-state index >= 15 is 0 Å². The molecule has 2 N–H and O–H groups in total. The van der Waals surface area contributed by atoms with Crippen LogP contribution >= 0.6 is 11.3 Å². The lowest BCUT2D eigenvalue weighted by Gasteiger charge is -2.29. The topological polar surface area (TPSA) is 79.0 Å². The van der Waals surface area contributed by atoms with Crippen LogP contribution in [0.15, 0.2) is 66.7 Å². The Morgan fingerprint density at radius 2 is 1.53 bits per heavy atom. The Labute approximate surface area is 226 Å². The number of thiazole rings is 1. The summed E-state index contributed by atoms with van der Waals surface area (Å²) in [5, 5.41) is 6.88. The van der Waals surface area contributed by atoms with Gasteiger partial charge in [-0.15, -0.1) is 0 Å². The molecule has 2 aliphatic rings. The van der Waals surface area contributed by atoms with Crippen molar-refractivity contribution in [2.45, 2.75) is 6.54 Å². The molecule has 3 heterocycles. The van der Waals surface area contributed by atoms with E-state index in [0.717, 1.165) is 91.3 Å². The van der Waals surface area contributed by atoms with Crippen molar-refractivity contribution in [1.29, 1.82) is 0 Å². The number of nitrogens with zero attached hydrogens (tertiary/aromatic N) is 3. The Bertz CT molecular complexity index is 1380. The van der Waals surface area contributed by atoms with Crippen molar-refractivity contribution in [3.8, 4) is 11.1 Å². The van der Waals surface area contributed by atoms with E-state index in [1.807, 2.05) is 42.5 Å². The molecule has 38 heavy (non-hydrogen) atoms. The molecule has 2 amide bonds. The molecule has 196 valence electrons. The van der Waals surface area contributed by atoms with Crippen LogP contribution in [0.1, 0.15) is 5.56 Å². The van der Waals surface area contributed by atoms with E-state index in [4.69, 9.17) is 14.5 Å². The van der Waals surface area contributed by atoms with Gasteiger partial charge in [0, 0.05) is 38.4 Å². The van der Waals surface area contributed by atoms with Gasteiger partial charge in [0.15, 0.2) is 5.13 Å². The van der Waals surface area contributed by atoms with Gasteiger partial charge in [-0.05, 0) is 41.0 Å². The zero-order chi connectivity index (χ0) is 25.7. The highest BCUT2D eigenvalue weighted by Gasteiger charge is 2.21. The lowest BCUT2D eigenvalue weighted by molar-refractivity contribution is 0.122. The molecule has 2 saturated heterocycles. The summed E-state index contributed by atoms with van der Waals surface area (Å²) < 4.78 is 12.3. The van der Waals surface area contributed by atoms with E-state index in [9.17, 15) is 4.79 Å². The third kappa shape index (κ3) is 5.60. The lowest BCUT2D eigenvalue weighted by atomic mass is 10.0. The van der Waals surface area contributed by atoms with Crippen molar-refractivity contribution in [2.75, 3.05) is 67.7 Å². The molecule has 0 saturated carbocycles. The highest BCUT2D eigenvalue weighted by atomic mass is 32.1. The number of carbonyl (C=O) groups is 1. The number of carbonyl (C=O) groups excluding carboxylic acids is 1. The first-order chi connectivity index (χ1) is 18.7. The third-order valence-electron chi connectivity index (χ3n) is 6.87. The normalized spacial score (nSPS) is 16.0. The standard InChI is InChI=1S/C29H31N5O3S/c35-28(30-20-21-4-2-1-3-5-21)31-24-8-6-22(7-9-24)23-18-25(33-10-14-36-15-11-33)27-26(19-23)38-29(32-27)34-12-16-37-17-13-34/h1-9,18-19H,10-17,20H2,(H2,30,31,35). The molecule has 1 aromatic heterocycles. The maximum absolute atomic E-state index is 12.4. The molecule has 0 aliphatic carbocycles. The largest absolute Gasteiger partial charge is 0.378 e. The van der Waals surface area contributed by atoms with Crippen LogP contribution < -0.4 is 20.4 Å². The monoisotopic (exact) mass is 529 g/mol. The van der Waals surface area contributed by atoms with E-state index in [0.29, 0.717) is 6.54 Å². The van der Waals surface area contributed by atoms with E-state index in [-0.39, 0.29) is 6.03 Å². The van der Waals surface area contributed by atoms with Gasteiger partial charge in [0.05, 0.1) is 36.8 Å². The molecule has 0 radical (unpaired) electrons. The third-order valence-corrected chi connectivity index (χ3v) is 7.93. The number of hydrogen-bond donors (Lipinski definition) is 2. The van der Waals surface area contributed by atoms with Gasteiger partial charge in [-0.3, -0.25) is 0 Å². The van der Waals surface area contributed by atoms with Crippen LogP contribution in [0.2, 0.25) is 0 Å². The van der Waals surface area contributed by atoms with Gasteiger partial charge in [-0.1, -0.05) is 53.8 Å². The molecule has 9 heteroatoms. The second-order valence-corrected chi connectivity index (χ2v) is 10.4. The number of aromatic nitrogens is 1. The second-order valence-electron chi connectivity index (χ2n) is 9.41. The number of hydrogen-bond acceptors (Lipinski definition) is 7. The van der Waals surface area contributed by atoms with Crippen LogP contribution in [-0.2, 0) is 16.0 Å². The van der Waals surface area contributed by atoms with Crippen LogP contribution in [0.5, 0.6) is 0 Å². The number of benzene rings is 3. The summed E-state index contributed by atoms with van der Waals surface area (Å²) in [7, 11) is 0. The van der Waals surface area contributed by atoms with E-state index in [1.165, 1.54) is 4.70 Å². The minimum absolute atomic E-state index is 0.224. The Morgan fingerprint density at radius 3 is 2.24 bits per heavy atom. The fourth-order valence-corrected chi connectivity index (χ4v) is 5.88. The van der Waals surface area contributed by atoms with Crippen molar-refractivity contribution in [2.24, 2.45) is 0 Å². The molecular weight excluding hydrogens is 498 g/mol. The van der Waals surface area contributed by atoms with Crippen LogP contribution in [0.3, 0.4) is 0 Å². The highest BCUT2D eigenvalue weighted by Crippen LogP contribution is 2.39. The fraction of sp³-hybridized carbons (Fsp3) is 0.310. The van der Waals surface area contributed by atoms with Gasteiger partial charge in [0.25, 0.3) is 0 Å². The minimum atomic E-state index is -0.224. The van der Waals surface area contributed by atoms with Gasteiger partial charge in [0.2, 0.25) is 0 Å². The average Bonchev–Trinajstić information content (AvgIpc) is 3.42. The molecule has 2 fully saturated rings. The first-order valence-corrected chi connectivity index (χ1v) is 13.8. The Kier molecular flexibility index (Phi) is 7.39. The lowest BCUT2D eigenvalue weighted by Crippen LogP contribution is -2.36. The van der Waals surface area contributed by atoms with Gasteiger partial charge >= 0.3 is 6.03 Å². The van der Waals surface area contributed by atoms with Crippen molar-refractivity contribution in [3.63, 3.8) is 0 Å². The Balaban J connectivity index is 1.23. The fourth-order valence-electron chi connectivity index (χ4n) is 4.80. The molecule has 3 aromatic carbocycles. The summed E-state index contributed by atoms with van der Waals surface area (Å²) in [5.74, 6) is 0. The maximum Gasteiger partial charge on any atom is 0.319 e. The molecule has 0 spiro atoms. The Morgan fingerprint density at radius 1 is 0.842 bits per heavy atom. The number of anilines is 3. The Hall–Kier alpha value is -3.66. The van der Waals surface area contributed by atoms with Crippen LogP contribution in [-0.4, -0.2) is 63.6 Å². The molecule has 4 aromatic rings. The van der Waals surface area contributed by atoms with E-state index < -0.39 is 0 Å². The predicted octanol–water partition coefficient (Wildman–Crippen LogP) is 4.96. The van der Waals surface area contributed by atoms with Crippen LogP contribution in [0.25, 0.3) is 21.3 Å².